The number of hydrogen-bond donors (Lipinski definition) is 1. The van der Waals surface area contributed by atoms with Gasteiger partial charge in [-0.1, -0.05) is 0 Å². The Balaban J connectivity index is 2.50. The zero-order valence-electron chi connectivity index (χ0n) is 5.39. The number of rotatable bonds is 0. The number of carbonyl (C=O) groups is 1. The van der Waals surface area contributed by atoms with Crippen LogP contribution < -0.4 is 5.32 Å². The third kappa shape index (κ3) is 0.743. The number of nitrogens with one attached hydrogen (secondary N) is 1. The van der Waals surface area contributed by atoms with E-state index in [-0.39, 0.29) is 5.91 Å². The van der Waals surface area contributed by atoms with Crippen LogP contribution in [0.4, 0.5) is 0 Å². The summed E-state index contributed by atoms with van der Waals surface area (Å²) in [5.74, 6) is 0.0856. The summed E-state index contributed by atoms with van der Waals surface area (Å²) in [4.78, 5) is 11.0. The molecule has 2 nitrogen and oxygen atoms in total. The minimum atomic E-state index is 0.0856. The Kier molecular flexibility index (Phi) is 1.24. The maximum atomic E-state index is 11.0. The van der Waals surface area contributed by atoms with Crippen LogP contribution in [0.25, 0.3) is 0 Å². The summed E-state index contributed by atoms with van der Waals surface area (Å²) >= 11 is 1.60. The van der Waals surface area contributed by atoms with Gasteiger partial charge in [-0.3, -0.25) is 4.79 Å². The summed E-state index contributed by atoms with van der Waals surface area (Å²) < 4.78 is 0. The van der Waals surface area contributed by atoms with E-state index < -0.39 is 0 Å². The molecule has 0 radical (unpaired) electrons. The van der Waals surface area contributed by atoms with Crippen molar-refractivity contribution in [2.45, 2.75) is 6.42 Å². The Morgan fingerprint density at radius 3 is 3.20 bits per heavy atom. The van der Waals surface area contributed by atoms with E-state index >= 15 is 0 Å². The van der Waals surface area contributed by atoms with Gasteiger partial charge in [-0.2, -0.15) is 11.3 Å². The molecule has 0 saturated carbocycles. The fourth-order valence-electron chi connectivity index (χ4n) is 1.12. The van der Waals surface area contributed by atoms with Gasteiger partial charge < -0.3 is 5.32 Å². The Bertz CT molecular complexity index is 266. The highest BCUT2D eigenvalue weighted by Gasteiger charge is 2.15. The van der Waals surface area contributed by atoms with Gasteiger partial charge in [-0.05, 0) is 17.4 Å². The fourth-order valence-corrected chi connectivity index (χ4v) is 1.99. The lowest BCUT2D eigenvalue weighted by Gasteiger charge is -2.10. The third-order valence-electron chi connectivity index (χ3n) is 1.67. The smallest absolute Gasteiger partial charge is 0.252 e. The number of carbonyl (C=O) groups excluding carboxylic acids is 1. The minimum Gasteiger partial charge on any atom is -0.352 e. The highest BCUT2D eigenvalue weighted by molar-refractivity contribution is 7.08. The molecular formula is C7H7NOS. The molecule has 0 saturated heterocycles. The maximum absolute atomic E-state index is 11.0. The second-order valence-corrected chi connectivity index (χ2v) is 3.06. The average molecular weight is 153 g/mol. The van der Waals surface area contributed by atoms with Gasteiger partial charge in [0, 0.05) is 11.9 Å². The molecule has 0 atom stereocenters. The predicted molar refractivity (Wildman–Crippen MR) is 40.4 cm³/mol. The molecule has 1 aliphatic rings. The van der Waals surface area contributed by atoms with Gasteiger partial charge >= 0.3 is 0 Å². The highest BCUT2D eigenvalue weighted by Crippen LogP contribution is 2.17. The lowest BCUT2D eigenvalue weighted by atomic mass is 10.1. The molecule has 0 unspecified atom stereocenters. The zero-order chi connectivity index (χ0) is 6.97. The van der Waals surface area contributed by atoms with Gasteiger partial charge in [0.2, 0.25) is 0 Å². The predicted octanol–water partition coefficient (Wildman–Crippen LogP) is 1.03. The van der Waals surface area contributed by atoms with Gasteiger partial charge in [0.25, 0.3) is 5.91 Å². The van der Waals surface area contributed by atoms with Crippen molar-refractivity contribution in [3.05, 3.63) is 21.9 Å². The number of hydrogen-bond acceptors (Lipinski definition) is 2. The second kappa shape index (κ2) is 2.09. The summed E-state index contributed by atoms with van der Waals surface area (Å²) in [6, 6.07) is 0. The lowest BCUT2D eigenvalue weighted by molar-refractivity contribution is 0.0946. The molecule has 1 aromatic rings. The van der Waals surface area contributed by atoms with Crippen molar-refractivity contribution >= 4 is 17.2 Å². The molecule has 0 aliphatic carbocycles. The Morgan fingerprint density at radius 1 is 1.50 bits per heavy atom. The van der Waals surface area contributed by atoms with Crippen LogP contribution in [-0.4, -0.2) is 12.5 Å². The average Bonchev–Trinajstić information content (AvgIpc) is 2.36. The van der Waals surface area contributed by atoms with Crippen molar-refractivity contribution in [2.24, 2.45) is 0 Å². The van der Waals surface area contributed by atoms with Crippen molar-refractivity contribution in [2.75, 3.05) is 6.54 Å². The van der Waals surface area contributed by atoms with Gasteiger partial charge in [-0.15, -0.1) is 0 Å². The van der Waals surface area contributed by atoms with Crippen molar-refractivity contribution in [1.29, 1.82) is 0 Å². The first kappa shape index (κ1) is 5.92. The molecule has 52 valence electrons. The first-order chi connectivity index (χ1) is 4.88. The summed E-state index contributed by atoms with van der Waals surface area (Å²) in [5, 5.41) is 6.75. The van der Waals surface area contributed by atoms with E-state index in [1.165, 1.54) is 5.56 Å². The van der Waals surface area contributed by atoms with Crippen molar-refractivity contribution < 1.29 is 4.79 Å². The summed E-state index contributed by atoms with van der Waals surface area (Å²) in [5.41, 5.74) is 2.07. The van der Waals surface area contributed by atoms with Gasteiger partial charge in [0.05, 0.1) is 5.56 Å². The molecule has 2 heterocycles. The molecule has 0 bridgehead atoms. The normalized spacial score (nSPS) is 16.2. The second-order valence-electron chi connectivity index (χ2n) is 2.32. The molecule has 1 amide bonds. The summed E-state index contributed by atoms with van der Waals surface area (Å²) in [7, 11) is 0. The monoisotopic (exact) mass is 153 g/mol. The first-order valence-electron chi connectivity index (χ1n) is 3.21. The van der Waals surface area contributed by atoms with Crippen LogP contribution in [0.2, 0.25) is 0 Å². The molecule has 2 rings (SSSR count). The Hall–Kier alpha value is -0.830. The van der Waals surface area contributed by atoms with Crippen molar-refractivity contribution in [3.8, 4) is 0 Å². The number of amides is 1. The first-order valence-corrected chi connectivity index (χ1v) is 4.15. The minimum absolute atomic E-state index is 0.0856. The summed E-state index contributed by atoms with van der Waals surface area (Å²) in [6.45, 7) is 0.794. The molecule has 1 aliphatic heterocycles. The third-order valence-corrected chi connectivity index (χ3v) is 2.46. The Morgan fingerprint density at radius 2 is 2.40 bits per heavy atom. The van der Waals surface area contributed by atoms with Gasteiger partial charge in [0.1, 0.15) is 0 Å². The van der Waals surface area contributed by atoms with Crippen LogP contribution in [0.5, 0.6) is 0 Å². The SMILES string of the molecule is O=C1NCCc2cscc21. The van der Waals surface area contributed by atoms with Crippen LogP contribution in [-0.2, 0) is 6.42 Å². The van der Waals surface area contributed by atoms with E-state index in [1.54, 1.807) is 11.3 Å². The zero-order valence-corrected chi connectivity index (χ0v) is 6.20. The van der Waals surface area contributed by atoms with Crippen LogP contribution in [0.1, 0.15) is 15.9 Å². The lowest BCUT2D eigenvalue weighted by Crippen LogP contribution is -2.30. The van der Waals surface area contributed by atoms with Crippen molar-refractivity contribution in [3.63, 3.8) is 0 Å². The standard InChI is InChI=1S/C7H7NOS/c9-7-6-4-10-3-5(6)1-2-8-7/h3-4H,1-2H2,(H,8,9). The molecule has 1 aromatic heterocycles. The van der Waals surface area contributed by atoms with Gasteiger partial charge in [0.15, 0.2) is 0 Å². The topological polar surface area (TPSA) is 29.1 Å². The molecule has 0 spiro atoms. The molecule has 0 aromatic carbocycles. The van der Waals surface area contributed by atoms with Crippen LogP contribution >= 0.6 is 11.3 Å². The highest BCUT2D eigenvalue weighted by atomic mass is 32.1. The molecular weight excluding hydrogens is 146 g/mol. The van der Waals surface area contributed by atoms with Crippen molar-refractivity contribution in [1.82, 2.24) is 5.32 Å². The quantitative estimate of drug-likeness (QED) is 0.592. The molecule has 3 heteroatoms. The van der Waals surface area contributed by atoms with Crippen LogP contribution in [0.3, 0.4) is 0 Å². The van der Waals surface area contributed by atoms with E-state index in [4.69, 9.17) is 0 Å². The Labute approximate surface area is 62.9 Å². The van der Waals surface area contributed by atoms with E-state index in [0.717, 1.165) is 18.5 Å². The van der Waals surface area contributed by atoms with E-state index in [0.29, 0.717) is 0 Å². The molecule has 10 heavy (non-hydrogen) atoms. The maximum Gasteiger partial charge on any atom is 0.252 e. The number of fused-ring (bicyclic) bond motifs is 1. The van der Waals surface area contributed by atoms with Gasteiger partial charge in [-0.25, -0.2) is 0 Å². The van der Waals surface area contributed by atoms with E-state index in [1.807, 2.05) is 10.8 Å². The fraction of sp³-hybridized carbons (Fsp3) is 0.286. The number of thiophene rings is 1. The van der Waals surface area contributed by atoms with E-state index in [9.17, 15) is 4.79 Å². The van der Waals surface area contributed by atoms with Crippen LogP contribution in [0.15, 0.2) is 10.8 Å². The molecule has 1 N–H and O–H groups in total. The molecule has 0 fully saturated rings. The summed E-state index contributed by atoms with van der Waals surface area (Å²) in [6.07, 6.45) is 0.991. The van der Waals surface area contributed by atoms with E-state index in [2.05, 4.69) is 5.32 Å². The van der Waals surface area contributed by atoms with Crippen LogP contribution in [0, 0.1) is 0 Å². The largest absolute Gasteiger partial charge is 0.352 e.